The molecule has 108 valence electrons. The average Bonchev–Trinajstić information content (AvgIpc) is 2.73. The topological polar surface area (TPSA) is 34.1 Å². The number of hydrogen-bond acceptors (Lipinski definition) is 4. The first-order chi connectivity index (χ1) is 9.58. The van der Waals surface area contributed by atoms with E-state index in [0.29, 0.717) is 11.6 Å². The first-order valence-electron chi connectivity index (χ1n) is 6.57. The normalized spacial score (nSPS) is 12.4. The number of hydrogen-bond donors (Lipinski definition) is 1. The van der Waals surface area contributed by atoms with Gasteiger partial charge in [0.2, 0.25) is 0 Å². The van der Waals surface area contributed by atoms with Gasteiger partial charge in [0.1, 0.15) is 12.4 Å². The van der Waals surface area contributed by atoms with Crippen LogP contribution in [0.1, 0.15) is 15.6 Å². The molecule has 0 radical (unpaired) electrons. The van der Waals surface area contributed by atoms with Crippen LogP contribution in [0.15, 0.2) is 24.3 Å². The summed E-state index contributed by atoms with van der Waals surface area (Å²) in [7, 11) is 1.94. The minimum Gasteiger partial charge on any atom is -0.492 e. The van der Waals surface area contributed by atoms with Crippen molar-refractivity contribution in [1.82, 2.24) is 10.3 Å². The van der Waals surface area contributed by atoms with E-state index in [0.717, 1.165) is 22.9 Å². The van der Waals surface area contributed by atoms with Crippen LogP contribution in [0.2, 0.25) is 5.02 Å². The third-order valence-electron chi connectivity index (χ3n) is 3.15. The lowest BCUT2D eigenvalue weighted by molar-refractivity contribution is 0.269. The van der Waals surface area contributed by atoms with Gasteiger partial charge < -0.3 is 10.1 Å². The summed E-state index contributed by atoms with van der Waals surface area (Å²) in [6.45, 7) is 4.74. The third-order valence-corrected chi connectivity index (χ3v) is 4.48. The second kappa shape index (κ2) is 7.07. The van der Waals surface area contributed by atoms with E-state index in [2.05, 4.69) is 17.2 Å². The van der Waals surface area contributed by atoms with Gasteiger partial charge in [0.25, 0.3) is 0 Å². The predicted octanol–water partition coefficient (Wildman–Crippen LogP) is 3.62. The van der Waals surface area contributed by atoms with E-state index in [1.807, 2.05) is 38.2 Å². The van der Waals surface area contributed by atoms with Gasteiger partial charge in [0, 0.05) is 22.4 Å². The lowest BCUT2D eigenvalue weighted by Gasteiger charge is -2.16. The van der Waals surface area contributed by atoms with Gasteiger partial charge in [-0.05, 0) is 39.1 Å². The Morgan fingerprint density at radius 2 is 2.20 bits per heavy atom. The highest BCUT2D eigenvalue weighted by Crippen LogP contribution is 2.19. The molecule has 2 aromatic rings. The Balaban J connectivity index is 1.92. The maximum atomic E-state index is 5.94. The highest BCUT2D eigenvalue weighted by atomic mass is 35.5. The molecule has 1 N–H and O–H groups in total. The summed E-state index contributed by atoms with van der Waals surface area (Å²) >= 11 is 7.69. The lowest BCUT2D eigenvalue weighted by Crippen LogP contribution is -2.33. The van der Waals surface area contributed by atoms with E-state index in [1.165, 1.54) is 4.88 Å². The Kier molecular flexibility index (Phi) is 5.40. The van der Waals surface area contributed by atoms with Crippen molar-refractivity contribution in [3.05, 3.63) is 44.9 Å². The van der Waals surface area contributed by atoms with Crippen molar-refractivity contribution in [2.24, 2.45) is 0 Å². The summed E-state index contributed by atoms with van der Waals surface area (Å²) < 4.78 is 5.78. The molecule has 0 aliphatic rings. The van der Waals surface area contributed by atoms with Gasteiger partial charge in [0.15, 0.2) is 0 Å². The molecule has 2 rings (SSSR count). The Hall–Kier alpha value is -1.10. The van der Waals surface area contributed by atoms with Crippen molar-refractivity contribution in [1.29, 1.82) is 0 Å². The first kappa shape index (κ1) is 15.3. The Morgan fingerprint density at radius 1 is 1.40 bits per heavy atom. The predicted molar refractivity (Wildman–Crippen MR) is 85.1 cm³/mol. The van der Waals surface area contributed by atoms with Crippen molar-refractivity contribution >= 4 is 22.9 Å². The fourth-order valence-electron chi connectivity index (χ4n) is 1.84. The number of nitrogens with one attached hydrogen (secondary N) is 1. The minimum absolute atomic E-state index is 0.235. The molecule has 0 fully saturated rings. The number of likely N-dealkylation sites (N-methyl/N-ethyl adjacent to an activating group) is 1. The Bertz CT molecular complexity index is 551. The number of aryl methyl sites for hydroxylation is 2. The van der Waals surface area contributed by atoms with Gasteiger partial charge in [0.05, 0.1) is 10.7 Å². The zero-order valence-corrected chi connectivity index (χ0v) is 13.5. The van der Waals surface area contributed by atoms with Crippen LogP contribution in [0, 0.1) is 13.8 Å². The second-order valence-electron chi connectivity index (χ2n) is 4.71. The molecule has 1 aromatic heterocycles. The fraction of sp³-hybridized carbons (Fsp3) is 0.400. The van der Waals surface area contributed by atoms with Crippen LogP contribution in [-0.2, 0) is 6.42 Å². The highest BCUT2D eigenvalue weighted by molar-refractivity contribution is 7.11. The molecule has 0 saturated carbocycles. The molecular weight excluding hydrogens is 292 g/mol. The van der Waals surface area contributed by atoms with Gasteiger partial charge >= 0.3 is 0 Å². The number of thiazole rings is 1. The largest absolute Gasteiger partial charge is 0.492 e. The van der Waals surface area contributed by atoms with E-state index >= 15 is 0 Å². The molecule has 0 bridgehead atoms. The van der Waals surface area contributed by atoms with Gasteiger partial charge in [-0.25, -0.2) is 4.98 Å². The highest BCUT2D eigenvalue weighted by Gasteiger charge is 2.12. The third kappa shape index (κ3) is 4.20. The number of halogens is 1. The van der Waals surface area contributed by atoms with E-state index in [4.69, 9.17) is 16.3 Å². The van der Waals surface area contributed by atoms with Crippen molar-refractivity contribution in [3.63, 3.8) is 0 Å². The van der Waals surface area contributed by atoms with E-state index in [-0.39, 0.29) is 6.04 Å². The molecule has 0 aliphatic heterocycles. The van der Waals surface area contributed by atoms with Crippen molar-refractivity contribution in [3.8, 4) is 5.75 Å². The number of aromatic nitrogens is 1. The molecule has 5 heteroatoms. The van der Waals surface area contributed by atoms with Crippen LogP contribution >= 0.6 is 22.9 Å². The molecule has 0 saturated heterocycles. The average molecular weight is 311 g/mol. The molecule has 0 amide bonds. The number of rotatable bonds is 6. The van der Waals surface area contributed by atoms with Crippen LogP contribution < -0.4 is 10.1 Å². The summed E-state index contributed by atoms with van der Waals surface area (Å²) in [6.07, 6.45) is 0.871. The monoisotopic (exact) mass is 310 g/mol. The van der Waals surface area contributed by atoms with Crippen molar-refractivity contribution < 1.29 is 4.74 Å². The zero-order chi connectivity index (χ0) is 14.5. The summed E-state index contributed by atoms with van der Waals surface area (Å²) in [5.74, 6) is 0.796. The zero-order valence-electron chi connectivity index (χ0n) is 11.9. The maximum Gasteiger partial charge on any atom is 0.120 e. The van der Waals surface area contributed by atoms with Crippen LogP contribution in [0.5, 0.6) is 5.75 Å². The molecule has 1 heterocycles. The van der Waals surface area contributed by atoms with E-state index in [1.54, 1.807) is 11.3 Å². The molecule has 20 heavy (non-hydrogen) atoms. The summed E-state index contributed by atoms with van der Waals surface area (Å²) in [5.41, 5.74) is 1.12. The van der Waals surface area contributed by atoms with Gasteiger partial charge in [-0.1, -0.05) is 17.7 Å². The van der Waals surface area contributed by atoms with E-state index < -0.39 is 0 Å². The SMILES string of the molecule is CNC(COc1cccc(Cl)c1)Cc1nc(C)c(C)s1. The molecule has 3 nitrogen and oxygen atoms in total. The standard InChI is InChI=1S/C15H19ClN2OS/c1-10-11(2)20-15(18-10)8-13(17-3)9-19-14-6-4-5-12(16)7-14/h4-7,13,17H,8-9H2,1-3H3. The van der Waals surface area contributed by atoms with Crippen LogP contribution in [0.3, 0.4) is 0 Å². The first-order valence-corrected chi connectivity index (χ1v) is 7.76. The molecular formula is C15H19ClN2OS. The van der Waals surface area contributed by atoms with Crippen LogP contribution in [0.4, 0.5) is 0 Å². The lowest BCUT2D eigenvalue weighted by atomic mass is 10.2. The van der Waals surface area contributed by atoms with Crippen molar-refractivity contribution in [2.45, 2.75) is 26.3 Å². The molecule has 1 aromatic carbocycles. The minimum atomic E-state index is 0.235. The second-order valence-corrected chi connectivity index (χ2v) is 6.43. The van der Waals surface area contributed by atoms with Crippen molar-refractivity contribution in [2.75, 3.05) is 13.7 Å². The number of nitrogens with zero attached hydrogens (tertiary/aromatic N) is 1. The Labute approximate surface area is 129 Å². The molecule has 1 atom stereocenters. The summed E-state index contributed by atoms with van der Waals surface area (Å²) in [6, 6.07) is 7.70. The smallest absolute Gasteiger partial charge is 0.120 e. The van der Waals surface area contributed by atoms with Gasteiger partial charge in [-0.2, -0.15) is 0 Å². The van der Waals surface area contributed by atoms with Gasteiger partial charge in [-0.15, -0.1) is 11.3 Å². The molecule has 0 spiro atoms. The fourth-order valence-corrected chi connectivity index (χ4v) is 3.03. The number of ether oxygens (including phenoxy) is 1. The number of benzene rings is 1. The van der Waals surface area contributed by atoms with E-state index in [9.17, 15) is 0 Å². The molecule has 1 unspecified atom stereocenters. The molecule has 0 aliphatic carbocycles. The quantitative estimate of drug-likeness (QED) is 0.885. The summed E-state index contributed by atoms with van der Waals surface area (Å²) in [5, 5.41) is 5.11. The van der Waals surface area contributed by atoms with Crippen LogP contribution in [-0.4, -0.2) is 24.7 Å². The van der Waals surface area contributed by atoms with Crippen LogP contribution in [0.25, 0.3) is 0 Å². The Morgan fingerprint density at radius 3 is 2.80 bits per heavy atom. The summed E-state index contributed by atoms with van der Waals surface area (Å²) in [4.78, 5) is 5.85. The maximum absolute atomic E-state index is 5.94. The van der Waals surface area contributed by atoms with Gasteiger partial charge in [-0.3, -0.25) is 0 Å².